The zero-order valence-corrected chi connectivity index (χ0v) is 12.1. The number of carbonyl (C=O) groups excluding carboxylic acids is 1. The van der Waals surface area contributed by atoms with Gasteiger partial charge < -0.3 is 8.92 Å². The maximum absolute atomic E-state index is 11.5. The summed E-state index contributed by atoms with van der Waals surface area (Å²) in [5, 5.41) is 2.52. The van der Waals surface area contributed by atoms with E-state index >= 15 is 0 Å². The topological polar surface area (TPSA) is 81.7 Å². The summed E-state index contributed by atoms with van der Waals surface area (Å²) in [5.74, 6) is 0.178. The summed E-state index contributed by atoms with van der Waals surface area (Å²) in [6.45, 7) is 5.28. The van der Waals surface area contributed by atoms with Gasteiger partial charge in [-0.1, -0.05) is 0 Å². The second-order valence-electron chi connectivity index (χ2n) is 4.94. The highest BCUT2D eigenvalue weighted by molar-refractivity contribution is 7.86. The Balaban J connectivity index is 2.65. The summed E-state index contributed by atoms with van der Waals surface area (Å²) in [6, 6.07) is 5.91. The maximum atomic E-state index is 11.5. The van der Waals surface area contributed by atoms with Crippen LogP contribution < -0.4 is 9.50 Å². The fourth-order valence-corrected chi connectivity index (χ4v) is 1.65. The van der Waals surface area contributed by atoms with Crippen molar-refractivity contribution in [1.82, 2.24) is 0 Å². The van der Waals surface area contributed by atoms with Crippen molar-refractivity contribution in [1.29, 1.82) is 0 Å². The summed E-state index contributed by atoms with van der Waals surface area (Å²) in [6.07, 6.45) is 0.379. The fourth-order valence-electron chi connectivity index (χ4n) is 1.19. The van der Waals surface area contributed by atoms with E-state index in [0.717, 1.165) is 6.26 Å². The molecule has 0 saturated carbocycles. The van der Waals surface area contributed by atoms with Gasteiger partial charge in [-0.05, 0) is 45.0 Å². The average Bonchev–Trinajstić information content (AvgIpc) is 2.15. The third-order valence-corrected chi connectivity index (χ3v) is 2.24. The zero-order chi connectivity index (χ0) is 14.7. The van der Waals surface area contributed by atoms with E-state index in [1.807, 2.05) is 0 Å². The van der Waals surface area contributed by atoms with Crippen molar-refractivity contribution < 1.29 is 22.1 Å². The van der Waals surface area contributed by atoms with Gasteiger partial charge in [0.1, 0.15) is 11.4 Å². The molecule has 0 bridgehead atoms. The predicted octanol–water partition coefficient (Wildman–Crippen LogP) is 2.37. The molecule has 0 radical (unpaired) electrons. The Labute approximate surface area is 112 Å². The van der Waals surface area contributed by atoms with Gasteiger partial charge in [0.05, 0.1) is 6.26 Å². The Bertz CT molecular complexity index is 542. The van der Waals surface area contributed by atoms with Gasteiger partial charge in [-0.25, -0.2) is 4.79 Å². The third kappa shape index (κ3) is 6.66. The zero-order valence-electron chi connectivity index (χ0n) is 11.3. The Morgan fingerprint density at radius 2 is 1.68 bits per heavy atom. The Morgan fingerprint density at radius 1 is 1.16 bits per heavy atom. The lowest BCUT2D eigenvalue weighted by molar-refractivity contribution is 0.0636. The molecule has 106 valence electrons. The Hall–Kier alpha value is -1.76. The molecule has 0 saturated heterocycles. The lowest BCUT2D eigenvalue weighted by Crippen LogP contribution is -2.27. The number of benzene rings is 1. The van der Waals surface area contributed by atoms with Crippen LogP contribution in [0.2, 0.25) is 0 Å². The molecule has 0 aliphatic rings. The van der Waals surface area contributed by atoms with Gasteiger partial charge in [-0.15, -0.1) is 0 Å². The van der Waals surface area contributed by atoms with Gasteiger partial charge in [0.2, 0.25) is 0 Å². The Kier molecular flexibility index (Phi) is 4.41. The summed E-state index contributed by atoms with van der Waals surface area (Å²) in [5.41, 5.74) is -0.0984. The summed E-state index contributed by atoms with van der Waals surface area (Å²) in [4.78, 5) is 11.5. The third-order valence-electron chi connectivity index (χ3n) is 1.75. The van der Waals surface area contributed by atoms with Crippen molar-refractivity contribution in [2.45, 2.75) is 26.4 Å². The van der Waals surface area contributed by atoms with Gasteiger partial charge in [0, 0.05) is 5.69 Å². The van der Waals surface area contributed by atoms with Gasteiger partial charge >= 0.3 is 16.2 Å². The summed E-state index contributed by atoms with van der Waals surface area (Å²) < 4.78 is 31.6. The molecule has 0 heterocycles. The van der Waals surface area contributed by atoms with Crippen LogP contribution in [0.4, 0.5) is 10.5 Å². The fraction of sp³-hybridized carbons (Fsp3) is 0.417. The molecule has 0 aromatic heterocycles. The van der Waals surface area contributed by atoms with Gasteiger partial charge in [0.25, 0.3) is 0 Å². The molecular weight excluding hydrogens is 270 g/mol. The molecule has 0 aliphatic carbocycles. The van der Waals surface area contributed by atoms with E-state index in [1.165, 1.54) is 24.3 Å². The maximum Gasteiger partial charge on any atom is 0.412 e. The highest BCUT2D eigenvalue weighted by atomic mass is 32.2. The molecule has 1 rings (SSSR count). The predicted molar refractivity (Wildman–Crippen MR) is 71.8 cm³/mol. The molecule has 0 unspecified atom stereocenters. The van der Waals surface area contributed by atoms with Crippen LogP contribution in [0.3, 0.4) is 0 Å². The highest BCUT2D eigenvalue weighted by Gasteiger charge is 2.16. The molecule has 0 aliphatic heterocycles. The number of hydrogen-bond donors (Lipinski definition) is 1. The van der Waals surface area contributed by atoms with Crippen molar-refractivity contribution in [3.05, 3.63) is 24.3 Å². The monoisotopic (exact) mass is 287 g/mol. The van der Waals surface area contributed by atoms with Crippen LogP contribution >= 0.6 is 0 Å². The van der Waals surface area contributed by atoms with Crippen molar-refractivity contribution in [3.63, 3.8) is 0 Å². The minimum atomic E-state index is -3.55. The van der Waals surface area contributed by atoms with Crippen molar-refractivity contribution in [2.24, 2.45) is 0 Å². The molecule has 1 amide bonds. The molecule has 1 aromatic carbocycles. The number of ether oxygens (including phenoxy) is 1. The van der Waals surface area contributed by atoms with Gasteiger partial charge in [-0.3, -0.25) is 5.32 Å². The molecule has 1 aromatic rings. The van der Waals surface area contributed by atoms with Crippen LogP contribution in [-0.2, 0) is 14.9 Å². The number of anilines is 1. The first-order valence-corrected chi connectivity index (χ1v) is 7.36. The first kappa shape index (κ1) is 15.3. The van der Waals surface area contributed by atoms with E-state index in [4.69, 9.17) is 4.74 Å². The van der Waals surface area contributed by atoms with Crippen molar-refractivity contribution in [3.8, 4) is 5.75 Å². The number of hydrogen-bond acceptors (Lipinski definition) is 5. The summed E-state index contributed by atoms with van der Waals surface area (Å²) in [7, 11) is -3.55. The van der Waals surface area contributed by atoms with Crippen LogP contribution in [0.15, 0.2) is 24.3 Å². The first-order valence-electron chi connectivity index (χ1n) is 5.55. The lowest BCUT2D eigenvalue weighted by atomic mass is 10.2. The number of carbonyl (C=O) groups is 1. The molecule has 0 spiro atoms. The summed E-state index contributed by atoms with van der Waals surface area (Å²) >= 11 is 0. The van der Waals surface area contributed by atoms with Crippen LogP contribution in [0.1, 0.15) is 20.8 Å². The quantitative estimate of drug-likeness (QED) is 0.863. The van der Waals surface area contributed by atoms with Crippen LogP contribution in [-0.4, -0.2) is 26.4 Å². The van der Waals surface area contributed by atoms with Crippen molar-refractivity contribution in [2.75, 3.05) is 11.6 Å². The van der Waals surface area contributed by atoms with Crippen molar-refractivity contribution >= 4 is 21.9 Å². The standard InChI is InChI=1S/C12H17NO5S/c1-12(2,3)17-11(14)13-9-5-7-10(8-6-9)18-19(4,15)16/h5-8H,1-4H3,(H,13,14). The smallest absolute Gasteiger partial charge is 0.412 e. The second-order valence-corrected chi connectivity index (χ2v) is 6.51. The normalized spacial score (nSPS) is 11.8. The molecular formula is C12H17NO5S. The highest BCUT2D eigenvalue weighted by Crippen LogP contribution is 2.18. The van der Waals surface area contributed by atoms with E-state index in [9.17, 15) is 13.2 Å². The SMILES string of the molecule is CC(C)(C)OC(=O)Nc1ccc(OS(C)(=O)=O)cc1. The molecule has 0 atom stereocenters. The van der Waals surface area contributed by atoms with E-state index in [-0.39, 0.29) is 5.75 Å². The number of amides is 1. The van der Waals surface area contributed by atoms with Gasteiger partial charge in [-0.2, -0.15) is 8.42 Å². The molecule has 6 nitrogen and oxygen atoms in total. The average molecular weight is 287 g/mol. The van der Waals surface area contributed by atoms with E-state index in [1.54, 1.807) is 20.8 Å². The van der Waals surface area contributed by atoms with E-state index in [2.05, 4.69) is 9.50 Å². The number of nitrogens with one attached hydrogen (secondary N) is 1. The second kappa shape index (κ2) is 5.48. The minimum absolute atomic E-state index is 0.178. The minimum Gasteiger partial charge on any atom is -0.444 e. The van der Waals surface area contributed by atoms with Gasteiger partial charge in [0.15, 0.2) is 0 Å². The molecule has 7 heteroatoms. The van der Waals surface area contributed by atoms with E-state index in [0.29, 0.717) is 5.69 Å². The van der Waals surface area contributed by atoms with Crippen LogP contribution in [0.25, 0.3) is 0 Å². The van der Waals surface area contributed by atoms with Crippen LogP contribution in [0.5, 0.6) is 5.75 Å². The lowest BCUT2D eigenvalue weighted by Gasteiger charge is -2.19. The largest absolute Gasteiger partial charge is 0.444 e. The molecule has 19 heavy (non-hydrogen) atoms. The molecule has 1 N–H and O–H groups in total. The first-order chi connectivity index (χ1) is 8.55. The van der Waals surface area contributed by atoms with Crippen LogP contribution in [0, 0.1) is 0 Å². The molecule has 0 fully saturated rings. The number of rotatable bonds is 3. The Morgan fingerprint density at radius 3 is 2.11 bits per heavy atom. The van der Waals surface area contributed by atoms with E-state index < -0.39 is 21.8 Å².